The summed E-state index contributed by atoms with van der Waals surface area (Å²) in [6.45, 7) is 5.09. The molecule has 1 aromatic heterocycles. The summed E-state index contributed by atoms with van der Waals surface area (Å²) in [5.41, 5.74) is 4.48. The van der Waals surface area contributed by atoms with E-state index in [1.54, 1.807) is 13.2 Å². The van der Waals surface area contributed by atoms with Gasteiger partial charge in [0.05, 0.1) is 7.11 Å². The summed E-state index contributed by atoms with van der Waals surface area (Å²) < 4.78 is 7.40. The van der Waals surface area contributed by atoms with Gasteiger partial charge in [-0.3, -0.25) is 0 Å². The Hall–Kier alpha value is -2.42. The van der Waals surface area contributed by atoms with Crippen molar-refractivity contribution < 1.29 is 9.84 Å². The van der Waals surface area contributed by atoms with Crippen LogP contribution in [0, 0.1) is 6.92 Å². The molecule has 108 valence electrons. The Kier molecular flexibility index (Phi) is 3.34. The van der Waals surface area contributed by atoms with Crippen molar-refractivity contribution in [2.24, 2.45) is 0 Å². The molecule has 1 N–H and O–H groups in total. The zero-order valence-corrected chi connectivity index (χ0v) is 12.6. The average Bonchev–Trinajstić information content (AvgIpc) is 2.88. The number of aromatic hydroxyl groups is 1. The van der Waals surface area contributed by atoms with Gasteiger partial charge >= 0.3 is 0 Å². The molecular formula is C18H19NO2. The van der Waals surface area contributed by atoms with E-state index < -0.39 is 0 Å². The molecule has 0 saturated carbocycles. The number of hydrogen-bond donors (Lipinski definition) is 1. The first-order valence-corrected chi connectivity index (χ1v) is 7.11. The minimum absolute atomic E-state index is 0.173. The van der Waals surface area contributed by atoms with Crippen molar-refractivity contribution in [3.63, 3.8) is 0 Å². The number of hydrogen-bond acceptors (Lipinski definition) is 2. The summed E-state index contributed by atoms with van der Waals surface area (Å²) >= 11 is 0. The van der Waals surface area contributed by atoms with Gasteiger partial charge in [-0.2, -0.15) is 0 Å². The topological polar surface area (TPSA) is 34.4 Å². The monoisotopic (exact) mass is 281 g/mol. The number of phenols is 1. The normalized spacial score (nSPS) is 11.0. The van der Waals surface area contributed by atoms with Gasteiger partial charge in [0, 0.05) is 29.2 Å². The van der Waals surface area contributed by atoms with Gasteiger partial charge in [-0.25, -0.2) is 0 Å². The predicted octanol–water partition coefficient (Wildman–Crippen LogP) is 4.35. The van der Waals surface area contributed by atoms with Crippen LogP contribution in [0.4, 0.5) is 0 Å². The molecule has 0 atom stereocenters. The van der Waals surface area contributed by atoms with E-state index in [1.807, 2.05) is 19.1 Å². The van der Waals surface area contributed by atoms with E-state index in [2.05, 4.69) is 35.9 Å². The van der Waals surface area contributed by atoms with Crippen LogP contribution < -0.4 is 4.74 Å². The molecule has 3 aromatic rings. The van der Waals surface area contributed by atoms with Crippen molar-refractivity contribution in [1.29, 1.82) is 0 Å². The molecule has 21 heavy (non-hydrogen) atoms. The molecule has 0 aliphatic carbocycles. The molecule has 0 unspecified atom stereocenters. The van der Waals surface area contributed by atoms with Crippen LogP contribution in [-0.4, -0.2) is 16.8 Å². The molecule has 1 heterocycles. The molecule has 3 nitrogen and oxygen atoms in total. The highest BCUT2D eigenvalue weighted by Gasteiger charge is 2.14. The molecule has 2 aromatic carbocycles. The summed E-state index contributed by atoms with van der Waals surface area (Å²) in [5.74, 6) is 0.682. The van der Waals surface area contributed by atoms with Crippen LogP contribution in [0.5, 0.6) is 11.5 Å². The molecule has 0 aliphatic rings. The lowest BCUT2D eigenvalue weighted by atomic mass is 9.99. The first-order chi connectivity index (χ1) is 10.2. The predicted molar refractivity (Wildman–Crippen MR) is 86.0 cm³/mol. The molecule has 0 spiro atoms. The Balaban J connectivity index is 2.28. The molecule has 0 bridgehead atoms. The van der Waals surface area contributed by atoms with E-state index in [0.717, 1.165) is 23.2 Å². The molecule has 0 saturated heterocycles. The number of rotatable bonds is 3. The second-order valence-corrected chi connectivity index (χ2v) is 5.18. The Labute approximate surface area is 124 Å². The molecule has 3 rings (SSSR count). The fourth-order valence-electron chi connectivity index (χ4n) is 2.85. The average molecular weight is 281 g/mol. The lowest BCUT2D eigenvalue weighted by Gasteiger charge is -2.09. The maximum atomic E-state index is 10.1. The number of fused-ring (bicyclic) bond motifs is 1. The third-order valence-electron chi connectivity index (χ3n) is 3.95. The quantitative estimate of drug-likeness (QED) is 0.774. The lowest BCUT2D eigenvalue weighted by molar-refractivity contribution is 0.373. The Morgan fingerprint density at radius 1 is 1.14 bits per heavy atom. The van der Waals surface area contributed by atoms with Crippen LogP contribution in [0.25, 0.3) is 22.0 Å². The number of phenolic OH excluding ortho intramolecular Hbond substituents is 1. The maximum Gasteiger partial charge on any atom is 0.160 e. The fraction of sp³-hybridized carbons (Fsp3) is 0.222. The van der Waals surface area contributed by atoms with E-state index >= 15 is 0 Å². The van der Waals surface area contributed by atoms with Crippen molar-refractivity contribution in [3.8, 4) is 22.6 Å². The largest absolute Gasteiger partial charge is 0.504 e. The van der Waals surface area contributed by atoms with Crippen LogP contribution in [-0.2, 0) is 6.54 Å². The summed E-state index contributed by atoms with van der Waals surface area (Å²) in [6, 6.07) is 12.0. The number of aromatic nitrogens is 1. The Morgan fingerprint density at radius 3 is 2.62 bits per heavy atom. The number of ether oxygens (including phenoxy) is 1. The molecule has 0 amide bonds. The van der Waals surface area contributed by atoms with Gasteiger partial charge in [0.2, 0.25) is 0 Å². The van der Waals surface area contributed by atoms with Gasteiger partial charge in [0.25, 0.3) is 0 Å². The van der Waals surface area contributed by atoms with Crippen molar-refractivity contribution >= 4 is 10.9 Å². The zero-order valence-electron chi connectivity index (χ0n) is 12.6. The zero-order chi connectivity index (χ0) is 15.0. The number of aryl methyl sites for hydroxylation is 2. The fourth-order valence-corrected chi connectivity index (χ4v) is 2.85. The number of methoxy groups -OCH3 is 1. The second kappa shape index (κ2) is 5.17. The van der Waals surface area contributed by atoms with Gasteiger partial charge in [0.15, 0.2) is 11.5 Å². The van der Waals surface area contributed by atoms with Gasteiger partial charge in [-0.1, -0.05) is 18.2 Å². The summed E-state index contributed by atoms with van der Waals surface area (Å²) in [5, 5.41) is 11.3. The second-order valence-electron chi connectivity index (χ2n) is 5.18. The first-order valence-electron chi connectivity index (χ1n) is 7.11. The van der Waals surface area contributed by atoms with E-state index in [0.29, 0.717) is 5.75 Å². The minimum Gasteiger partial charge on any atom is -0.504 e. The van der Waals surface area contributed by atoms with Crippen LogP contribution in [0.1, 0.15) is 12.5 Å². The van der Waals surface area contributed by atoms with Gasteiger partial charge in [0.1, 0.15) is 0 Å². The van der Waals surface area contributed by atoms with Crippen molar-refractivity contribution in [3.05, 3.63) is 48.2 Å². The third-order valence-corrected chi connectivity index (χ3v) is 3.95. The van der Waals surface area contributed by atoms with Crippen molar-refractivity contribution in [1.82, 2.24) is 4.57 Å². The Bertz CT molecular complexity index is 802. The van der Waals surface area contributed by atoms with Crippen LogP contribution >= 0.6 is 0 Å². The molecule has 3 heteroatoms. The molecular weight excluding hydrogens is 262 g/mol. The number of benzene rings is 2. The minimum atomic E-state index is 0.173. The highest BCUT2D eigenvalue weighted by Crippen LogP contribution is 2.38. The van der Waals surface area contributed by atoms with E-state index in [1.165, 1.54) is 10.9 Å². The van der Waals surface area contributed by atoms with Crippen molar-refractivity contribution in [2.45, 2.75) is 20.4 Å². The van der Waals surface area contributed by atoms with Gasteiger partial charge in [-0.15, -0.1) is 0 Å². The van der Waals surface area contributed by atoms with Gasteiger partial charge < -0.3 is 14.4 Å². The van der Waals surface area contributed by atoms with Gasteiger partial charge in [-0.05, 0) is 43.2 Å². The molecule has 0 fully saturated rings. The van der Waals surface area contributed by atoms with Crippen molar-refractivity contribution in [2.75, 3.05) is 7.11 Å². The SMILES string of the molecule is CCn1cc(-c2cc(O)c(OC)cc2C)c2ccccc21. The maximum absolute atomic E-state index is 10.1. The highest BCUT2D eigenvalue weighted by molar-refractivity contribution is 5.97. The smallest absolute Gasteiger partial charge is 0.160 e. The van der Waals surface area contributed by atoms with Crippen LogP contribution in [0.2, 0.25) is 0 Å². The molecule has 0 aliphatic heterocycles. The summed E-state index contributed by atoms with van der Waals surface area (Å²) in [7, 11) is 1.57. The number of para-hydroxylation sites is 1. The van der Waals surface area contributed by atoms with E-state index in [-0.39, 0.29) is 5.75 Å². The van der Waals surface area contributed by atoms with Crippen LogP contribution in [0.15, 0.2) is 42.6 Å². The van der Waals surface area contributed by atoms with Crippen LogP contribution in [0.3, 0.4) is 0 Å². The lowest BCUT2D eigenvalue weighted by Crippen LogP contribution is -1.90. The molecule has 0 radical (unpaired) electrons. The highest BCUT2D eigenvalue weighted by atomic mass is 16.5. The van der Waals surface area contributed by atoms with E-state index in [4.69, 9.17) is 4.74 Å². The standard InChI is InChI=1S/C18H19NO2/c1-4-19-11-15(13-7-5-6-8-16(13)19)14-10-17(20)18(21-3)9-12(14)2/h5-11,20H,4H2,1-3H3. The summed E-state index contributed by atoms with van der Waals surface area (Å²) in [4.78, 5) is 0. The third kappa shape index (κ3) is 2.15. The Morgan fingerprint density at radius 2 is 1.90 bits per heavy atom. The van der Waals surface area contributed by atoms with E-state index in [9.17, 15) is 5.11 Å². The summed E-state index contributed by atoms with van der Waals surface area (Å²) in [6.07, 6.45) is 2.15. The number of nitrogens with zero attached hydrogens (tertiary/aromatic N) is 1. The first kappa shape index (κ1) is 13.6.